The van der Waals surface area contributed by atoms with Gasteiger partial charge in [-0.3, -0.25) is 0 Å². The van der Waals surface area contributed by atoms with E-state index in [4.69, 9.17) is 5.73 Å². The highest BCUT2D eigenvalue weighted by molar-refractivity contribution is 5.32. The Kier molecular flexibility index (Phi) is 6.05. The van der Waals surface area contributed by atoms with Crippen molar-refractivity contribution >= 4 is 5.95 Å². The molecule has 0 unspecified atom stereocenters. The van der Waals surface area contributed by atoms with Gasteiger partial charge in [-0.15, -0.1) is 0 Å². The summed E-state index contributed by atoms with van der Waals surface area (Å²) in [7, 11) is 2.10. The number of hydrogen-bond acceptors (Lipinski definition) is 3. The number of imidazole rings is 1. The Morgan fingerprint density at radius 2 is 2.12 bits per heavy atom. The van der Waals surface area contributed by atoms with Crippen LogP contribution >= 0.6 is 0 Å². The van der Waals surface area contributed by atoms with Gasteiger partial charge in [-0.1, -0.05) is 20.3 Å². The Bertz CT molecular complexity index is 319. The van der Waals surface area contributed by atoms with E-state index in [1.807, 2.05) is 0 Å². The van der Waals surface area contributed by atoms with E-state index in [1.165, 1.54) is 18.5 Å². The van der Waals surface area contributed by atoms with Crippen molar-refractivity contribution in [1.29, 1.82) is 0 Å². The zero-order valence-corrected chi connectivity index (χ0v) is 11.4. The van der Waals surface area contributed by atoms with Gasteiger partial charge in [0.25, 0.3) is 0 Å². The highest BCUT2D eigenvalue weighted by Gasteiger charge is 2.10. The van der Waals surface area contributed by atoms with E-state index in [2.05, 4.69) is 41.5 Å². The van der Waals surface area contributed by atoms with Crippen LogP contribution in [0.2, 0.25) is 0 Å². The topological polar surface area (TPSA) is 47.1 Å². The largest absolute Gasteiger partial charge is 0.345 e. The average molecular weight is 238 g/mol. The minimum atomic E-state index is 0.737. The molecule has 0 saturated heterocycles. The Balaban J connectivity index is 2.75. The van der Waals surface area contributed by atoms with Crippen molar-refractivity contribution in [2.24, 2.45) is 5.73 Å². The maximum absolute atomic E-state index is 5.55. The quantitative estimate of drug-likeness (QED) is 0.754. The van der Waals surface area contributed by atoms with Crippen LogP contribution in [-0.4, -0.2) is 29.7 Å². The maximum Gasteiger partial charge on any atom is 0.205 e. The molecule has 98 valence electrons. The molecular formula is C13H26N4. The molecule has 0 spiro atoms. The van der Waals surface area contributed by atoms with Crippen molar-refractivity contribution < 1.29 is 0 Å². The maximum atomic E-state index is 5.55. The van der Waals surface area contributed by atoms with Crippen LogP contribution in [0.5, 0.6) is 0 Å². The molecule has 0 aliphatic heterocycles. The van der Waals surface area contributed by atoms with Gasteiger partial charge in [-0.05, 0) is 25.8 Å². The molecule has 0 aromatic carbocycles. The summed E-state index contributed by atoms with van der Waals surface area (Å²) < 4.78 is 2.28. The van der Waals surface area contributed by atoms with Crippen molar-refractivity contribution in [1.82, 2.24) is 9.55 Å². The standard InChI is InChI=1S/C13H26N4/c1-4-6-10-17-11-12(5-2)15-13(17)16(3)9-7-8-14/h11H,4-10,14H2,1-3H3. The smallest absolute Gasteiger partial charge is 0.205 e. The molecule has 4 heteroatoms. The highest BCUT2D eigenvalue weighted by atomic mass is 15.3. The molecule has 1 rings (SSSR count). The molecule has 1 aromatic rings. The van der Waals surface area contributed by atoms with Crippen molar-refractivity contribution in [3.63, 3.8) is 0 Å². The first-order chi connectivity index (χ1) is 8.22. The monoisotopic (exact) mass is 238 g/mol. The van der Waals surface area contributed by atoms with E-state index in [0.717, 1.165) is 38.4 Å². The summed E-state index contributed by atoms with van der Waals surface area (Å²) in [6.45, 7) is 7.14. The van der Waals surface area contributed by atoms with E-state index in [-0.39, 0.29) is 0 Å². The SMILES string of the molecule is CCCCn1cc(CC)nc1N(C)CCCN. The van der Waals surface area contributed by atoms with Crippen LogP contribution in [0.4, 0.5) is 5.95 Å². The summed E-state index contributed by atoms with van der Waals surface area (Å²) in [5, 5.41) is 0. The predicted molar refractivity (Wildman–Crippen MR) is 73.5 cm³/mol. The molecule has 1 heterocycles. The molecule has 4 nitrogen and oxygen atoms in total. The van der Waals surface area contributed by atoms with Gasteiger partial charge in [0.15, 0.2) is 0 Å². The van der Waals surface area contributed by atoms with E-state index >= 15 is 0 Å². The minimum Gasteiger partial charge on any atom is -0.345 e. The fourth-order valence-corrected chi connectivity index (χ4v) is 1.86. The molecule has 0 atom stereocenters. The van der Waals surface area contributed by atoms with Gasteiger partial charge >= 0.3 is 0 Å². The average Bonchev–Trinajstić information content (AvgIpc) is 2.76. The van der Waals surface area contributed by atoms with Gasteiger partial charge in [0, 0.05) is 26.3 Å². The number of nitrogens with two attached hydrogens (primary N) is 1. The van der Waals surface area contributed by atoms with Gasteiger partial charge in [-0.25, -0.2) is 4.98 Å². The Morgan fingerprint density at radius 1 is 1.35 bits per heavy atom. The lowest BCUT2D eigenvalue weighted by Crippen LogP contribution is -2.24. The van der Waals surface area contributed by atoms with Gasteiger partial charge in [0.2, 0.25) is 5.95 Å². The van der Waals surface area contributed by atoms with Crippen molar-refractivity contribution in [2.75, 3.05) is 25.0 Å². The Morgan fingerprint density at radius 3 is 2.71 bits per heavy atom. The highest BCUT2D eigenvalue weighted by Crippen LogP contribution is 2.15. The first-order valence-corrected chi connectivity index (χ1v) is 6.70. The third kappa shape index (κ3) is 4.04. The molecule has 0 saturated carbocycles. The van der Waals surface area contributed by atoms with Crippen molar-refractivity contribution in [2.45, 2.75) is 46.1 Å². The van der Waals surface area contributed by atoms with E-state index in [0.29, 0.717) is 0 Å². The number of anilines is 1. The molecule has 0 aliphatic carbocycles. The second-order valence-electron chi connectivity index (χ2n) is 4.50. The summed E-state index contributed by atoms with van der Waals surface area (Å²) in [4.78, 5) is 6.89. The summed E-state index contributed by atoms with van der Waals surface area (Å²) in [5.41, 5.74) is 6.73. The predicted octanol–water partition coefficient (Wildman–Crippen LogP) is 2.03. The van der Waals surface area contributed by atoms with E-state index in [1.54, 1.807) is 0 Å². The molecule has 17 heavy (non-hydrogen) atoms. The first kappa shape index (κ1) is 14.0. The van der Waals surface area contributed by atoms with E-state index in [9.17, 15) is 0 Å². The summed E-state index contributed by atoms with van der Waals surface area (Å²) >= 11 is 0. The van der Waals surface area contributed by atoms with Crippen LogP contribution in [0.3, 0.4) is 0 Å². The lowest BCUT2D eigenvalue weighted by atomic mass is 10.3. The number of nitrogens with zero attached hydrogens (tertiary/aromatic N) is 3. The summed E-state index contributed by atoms with van der Waals surface area (Å²) in [6, 6.07) is 0. The van der Waals surface area contributed by atoms with Crippen molar-refractivity contribution in [3.8, 4) is 0 Å². The third-order valence-corrected chi connectivity index (χ3v) is 2.96. The molecule has 0 radical (unpaired) electrons. The second kappa shape index (κ2) is 7.33. The number of aromatic nitrogens is 2. The van der Waals surface area contributed by atoms with Crippen molar-refractivity contribution in [3.05, 3.63) is 11.9 Å². The van der Waals surface area contributed by atoms with Gasteiger partial charge in [-0.2, -0.15) is 0 Å². The van der Waals surface area contributed by atoms with Crippen LogP contribution in [-0.2, 0) is 13.0 Å². The lowest BCUT2D eigenvalue weighted by molar-refractivity contribution is 0.619. The van der Waals surface area contributed by atoms with E-state index < -0.39 is 0 Å². The zero-order valence-electron chi connectivity index (χ0n) is 11.4. The molecule has 0 aliphatic rings. The normalized spacial score (nSPS) is 10.8. The second-order valence-corrected chi connectivity index (χ2v) is 4.50. The Labute approximate surface area is 105 Å². The molecule has 2 N–H and O–H groups in total. The van der Waals surface area contributed by atoms with Crippen LogP contribution in [0.15, 0.2) is 6.20 Å². The fourth-order valence-electron chi connectivity index (χ4n) is 1.86. The van der Waals surface area contributed by atoms with Crippen LogP contribution in [0.1, 0.15) is 38.8 Å². The molecule has 0 amide bonds. The zero-order chi connectivity index (χ0) is 12.7. The van der Waals surface area contributed by atoms with Crippen LogP contribution < -0.4 is 10.6 Å². The summed E-state index contributed by atoms with van der Waals surface area (Å²) in [5.74, 6) is 1.09. The van der Waals surface area contributed by atoms with Crippen LogP contribution in [0, 0.1) is 0 Å². The van der Waals surface area contributed by atoms with Gasteiger partial charge in [0.05, 0.1) is 5.69 Å². The molecule has 0 fully saturated rings. The van der Waals surface area contributed by atoms with Gasteiger partial charge in [0.1, 0.15) is 0 Å². The number of unbranched alkanes of at least 4 members (excludes halogenated alkanes) is 1. The molecular weight excluding hydrogens is 212 g/mol. The minimum absolute atomic E-state index is 0.737. The lowest BCUT2D eigenvalue weighted by Gasteiger charge is -2.19. The first-order valence-electron chi connectivity index (χ1n) is 6.70. The fraction of sp³-hybridized carbons (Fsp3) is 0.769. The van der Waals surface area contributed by atoms with Gasteiger partial charge < -0.3 is 15.2 Å². The third-order valence-electron chi connectivity index (χ3n) is 2.96. The summed E-state index contributed by atoms with van der Waals surface area (Å²) in [6.07, 6.45) is 6.61. The molecule has 1 aromatic heterocycles. The van der Waals surface area contributed by atoms with Crippen LogP contribution in [0.25, 0.3) is 0 Å². The number of rotatable bonds is 8. The molecule has 0 bridgehead atoms. The number of aryl methyl sites for hydroxylation is 2. The Hall–Kier alpha value is -1.03. The number of hydrogen-bond donors (Lipinski definition) is 1.